The van der Waals surface area contributed by atoms with Crippen molar-refractivity contribution in [2.75, 3.05) is 32.7 Å². The second-order valence-electron chi connectivity index (χ2n) is 5.43. The van der Waals surface area contributed by atoms with Crippen LogP contribution in [0.25, 0.3) is 0 Å². The summed E-state index contributed by atoms with van der Waals surface area (Å²) in [6, 6.07) is 3.94. The van der Waals surface area contributed by atoms with Crippen LogP contribution in [0.15, 0.2) is 17.5 Å². The monoisotopic (exact) mass is 280 g/mol. The highest BCUT2D eigenvalue weighted by Crippen LogP contribution is 2.31. The molecule has 1 unspecified atom stereocenters. The molecule has 1 saturated carbocycles. The first-order chi connectivity index (χ1) is 9.24. The van der Waals surface area contributed by atoms with Crippen LogP contribution >= 0.6 is 11.3 Å². The van der Waals surface area contributed by atoms with Crippen molar-refractivity contribution in [3.63, 3.8) is 0 Å². The molecule has 0 radical (unpaired) electrons. The van der Waals surface area contributed by atoms with E-state index in [1.165, 1.54) is 0 Å². The molecule has 2 fully saturated rings. The van der Waals surface area contributed by atoms with Gasteiger partial charge >= 0.3 is 0 Å². The minimum absolute atomic E-state index is 0.322. The lowest BCUT2D eigenvalue weighted by atomic mass is 10.2. The molecular weight excluding hydrogens is 260 g/mol. The largest absolute Gasteiger partial charge is 0.386 e. The topological polar surface area (TPSA) is 43.8 Å². The van der Waals surface area contributed by atoms with Crippen LogP contribution in [0.4, 0.5) is 0 Å². The van der Waals surface area contributed by atoms with Crippen molar-refractivity contribution in [3.8, 4) is 0 Å². The third kappa shape index (κ3) is 3.16. The number of rotatable bonds is 4. The van der Waals surface area contributed by atoms with Crippen molar-refractivity contribution >= 4 is 17.2 Å². The minimum Gasteiger partial charge on any atom is -0.386 e. The lowest BCUT2D eigenvalue weighted by molar-refractivity contribution is -0.134. The summed E-state index contributed by atoms with van der Waals surface area (Å²) in [4.78, 5) is 17.2. The van der Waals surface area contributed by atoms with Crippen LogP contribution in [0, 0.1) is 5.92 Å². The second kappa shape index (κ2) is 5.61. The summed E-state index contributed by atoms with van der Waals surface area (Å²) >= 11 is 1.60. The first-order valence-corrected chi connectivity index (χ1v) is 7.84. The molecule has 104 valence electrons. The molecule has 0 spiro atoms. The number of β-amino-alcohol motifs (C(OH)–C–C–N with tert-alkyl or cyclic N) is 1. The van der Waals surface area contributed by atoms with Crippen molar-refractivity contribution in [1.82, 2.24) is 9.80 Å². The number of hydrogen-bond donors (Lipinski definition) is 1. The van der Waals surface area contributed by atoms with Crippen molar-refractivity contribution in [2.24, 2.45) is 5.92 Å². The first-order valence-electron chi connectivity index (χ1n) is 6.96. The molecule has 1 atom stereocenters. The Labute approximate surface area is 117 Å². The highest BCUT2D eigenvalue weighted by atomic mass is 32.1. The van der Waals surface area contributed by atoms with E-state index in [0.29, 0.717) is 18.4 Å². The first kappa shape index (κ1) is 13.1. The van der Waals surface area contributed by atoms with E-state index in [0.717, 1.165) is 43.9 Å². The Morgan fingerprint density at radius 3 is 2.68 bits per heavy atom. The fourth-order valence-corrected chi connectivity index (χ4v) is 3.26. The van der Waals surface area contributed by atoms with Gasteiger partial charge in [0.25, 0.3) is 0 Å². The smallest absolute Gasteiger partial charge is 0.225 e. The number of aliphatic hydroxyl groups excluding tert-OH is 1. The Hall–Kier alpha value is -0.910. The molecule has 0 bridgehead atoms. The van der Waals surface area contributed by atoms with Crippen LogP contribution in [0.3, 0.4) is 0 Å². The quantitative estimate of drug-likeness (QED) is 0.905. The lowest BCUT2D eigenvalue weighted by Gasteiger charge is -2.35. The van der Waals surface area contributed by atoms with E-state index >= 15 is 0 Å². The summed E-state index contributed by atoms with van der Waals surface area (Å²) in [5.74, 6) is 0.668. The predicted octanol–water partition coefficient (Wildman–Crippen LogP) is 1.34. The van der Waals surface area contributed by atoms with Crippen LogP contribution < -0.4 is 0 Å². The molecule has 1 aliphatic carbocycles. The number of carbonyl (C=O) groups excluding carboxylic acids is 1. The van der Waals surface area contributed by atoms with Gasteiger partial charge < -0.3 is 10.0 Å². The van der Waals surface area contributed by atoms with Gasteiger partial charge in [-0.25, -0.2) is 0 Å². The van der Waals surface area contributed by atoms with Gasteiger partial charge in [0, 0.05) is 43.5 Å². The van der Waals surface area contributed by atoms with E-state index in [-0.39, 0.29) is 0 Å². The lowest BCUT2D eigenvalue weighted by Crippen LogP contribution is -2.50. The number of hydrogen-bond acceptors (Lipinski definition) is 4. The summed E-state index contributed by atoms with van der Waals surface area (Å²) in [5, 5.41) is 12.1. The summed E-state index contributed by atoms with van der Waals surface area (Å²) in [6.45, 7) is 4.05. The van der Waals surface area contributed by atoms with Crippen LogP contribution in [0.2, 0.25) is 0 Å². The van der Waals surface area contributed by atoms with Crippen LogP contribution in [0.1, 0.15) is 23.8 Å². The summed E-state index contributed by atoms with van der Waals surface area (Å²) in [7, 11) is 0. The summed E-state index contributed by atoms with van der Waals surface area (Å²) in [5.41, 5.74) is 0. The third-order valence-corrected chi connectivity index (χ3v) is 4.89. The number of nitrogens with zero attached hydrogens (tertiary/aromatic N) is 2. The van der Waals surface area contributed by atoms with E-state index in [1.54, 1.807) is 11.3 Å². The van der Waals surface area contributed by atoms with Gasteiger partial charge in [-0.3, -0.25) is 9.69 Å². The summed E-state index contributed by atoms with van der Waals surface area (Å²) < 4.78 is 0. The van der Waals surface area contributed by atoms with Gasteiger partial charge in [-0.1, -0.05) is 6.07 Å². The van der Waals surface area contributed by atoms with Gasteiger partial charge in [-0.2, -0.15) is 0 Å². The second-order valence-corrected chi connectivity index (χ2v) is 6.41. The molecule has 3 rings (SSSR count). The van der Waals surface area contributed by atoms with Crippen molar-refractivity contribution in [3.05, 3.63) is 22.4 Å². The fraction of sp³-hybridized carbons (Fsp3) is 0.643. The zero-order chi connectivity index (χ0) is 13.2. The number of aliphatic hydroxyl groups is 1. The fourth-order valence-electron chi connectivity index (χ4n) is 2.55. The molecule has 1 aliphatic heterocycles. The Balaban J connectivity index is 1.46. The van der Waals surface area contributed by atoms with E-state index in [9.17, 15) is 9.90 Å². The van der Waals surface area contributed by atoms with Gasteiger partial charge in [0.15, 0.2) is 0 Å². The SMILES string of the molecule is O=C(C1CC1)N1CCN(CC(O)c2cccs2)CC1. The van der Waals surface area contributed by atoms with Gasteiger partial charge in [0.05, 0.1) is 0 Å². The van der Waals surface area contributed by atoms with Crippen LogP contribution in [-0.2, 0) is 4.79 Å². The van der Waals surface area contributed by atoms with Crippen molar-refractivity contribution < 1.29 is 9.90 Å². The molecule has 0 aromatic carbocycles. The maximum atomic E-state index is 11.9. The van der Waals surface area contributed by atoms with Crippen molar-refractivity contribution in [2.45, 2.75) is 18.9 Å². The highest BCUT2D eigenvalue weighted by molar-refractivity contribution is 7.10. The molecule has 19 heavy (non-hydrogen) atoms. The Morgan fingerprint density at radius 1 is 1.37 bits per heavy atom. The predicted molar refractivity (Wildman–Crippen MR) is 75.0 cm³/mol. The highest BCUT2D eigenvalue weighted by Gasteiger charge is 2.34. The molecule has 5 heteroatoms. The maximum absolute atomic E-state index is 11.9. The van der Waals surface area contributed by atoms with E-state index in [2.05, 4.69) is 4.90 Å². The van der Waals surface area contributed by atoms with E-state index < -0.39 is 6.10 Å². The van der Waals surface area contributed by atoms with Crippen LogP contribution in [-0.4, -0.2) is 53.5 Å². The third-order valence-electron chi connectivity index (χ3n) is 3.91. The Kier molecular flexibility index (Phi) is 3.86. The average Bonchev–Trinajstić information content (AvgIpc) is 3.13. The van der Waals surface area contributed by atoms with Gasteiger partial charge in [-0.05, 0) is 24.3 Å². The van der Waals surface area contributed by atoms with Gasteiger partial charge in [-0.15, -0.1) is 11.3 Å². The maximum Gasteiger partial charge on any atom is 0.225 e. The van der Waals surface area contributed by atoms with E-state index in [1.807, 2.05) is 22.4 Å². The summed E-state index contributed by atoms with van der Waals surface area (Å²) in [6.07, 6.45) is 1.76. The van der Waals surface area contributed by atoms with Gasteiger partial charge in [0.2, 0.25) is 5.91 Å². The molecule has 1 amide bonds. The number of piperazine rings is 1. The number of thiophene rings is 1. The molecule has 1 aromatic heterocycles. The molecular formula is C14H20N2O2S. The standard InChI is InChI=1S/C14H20N2O2S/c17-12(13-2-1-9-19-13)10-15-5-7-16(8-6-15)14(18)11-3-4-11/h1-2,9,11-12,17H,3-8,10H2. The van der Waals surface area contributed by atoms with Gasteiger partial charge in [0.1, 0.15) is 6.10 Å². The molecule has 1 aromatic rings. The van der Waals surface area contributed by atoms with E-state index in [4.69, 9.17) is 0 Å². The zero-order valence-corrected chi connectivity index (χ0v) is 11.8. The molecule has 2 aliphatic rings. The average molecular weight is 280 g/mol. The number of amides is 1. The number of carbonyl (C=O) groups is 1. The minimum atomic E-state index is -0.398. The van der Waals surface area contributed by atoms with Crippen molar-refractivity contribution in [1.29, 1.82) is 0 Å². The zero-order valence-electron chi connectivity index (χ0n) is 11.0. The normalized spacial score (nSPS) is 22.5. The van der Waals surface area contributed by atoms with Crippen LogP contribution in [0.5, 0.6) is 0 Å². The Bertz CT molecular complexity index is 423. The molecule has 4 nitrogen and oxygen atoms in total. The Morgan fingerprint density at radius 2 is 2.11 bits per heavy atom. The molecule has 2 heterocycles. The molecule has 1 N–H and O–H groups in total. The molecule has 1 saturated heterocycles.